The second kappa shape index (κ2) is 5.32. The first-order chi connectivity index (χ1) is 9.69. The number of hydrogen-bond donors (Lipinski definition) is 1. The Kier molecular flexibility index (Phi) is 3.53. The third kappa shape index (κ3) is 2.33. The summed E-state index contributed by atoms with van der Waals surface area (Å²) in [4.78, 5) is 4.45. The quantitative estimate of drug-likeness (QED) is 0.935. The number of nitrogens with zero attached hydrogens (tertiary/aromatic N) is 2. The van der Waals surface area contributed by atoms with Crippen LogP contribution in [0.5, 0.6) is 0 Å². The van der Waals surface area contributed by atoms with E-state index in [0.29, 0.717) is 28.9 Å². The van der Waals surface area contributed by atoms with Crippen molar-refractivity contribution < 1.29 is 8.91 Å². The highest BCUT2D eigenvalue weighted by atomic mass is 19.1. The third-order valence-corrected chi connectivity index (χ3v) is 4.08. The highest BCUT2D eigenvalue weighted by Crippen LogP contribution is 2.34. The molecule has 1 fully saturated rings. The molecule has 20 heavy (non-hydrogen) atoms. The number of nitrogens with one attached hydrogen (secondary N) is 1. The predicted octanol–water partition coefficient (Wildman–Crippen LogP) is 3.04. The van der Waals surface area contributed by atoms with Crippen LogP contribution in [-0.2, 0) is 0 Å². The molecule has 2 aromatic rings. The van der Waals surface area contributed by atoms with Crippen molar-refractivity contribution in [3.05, 3.63) is 35.5 Å². The lowest BCUT2D eigenvalue weighted by Crippen LogP contribution is -2.27. The first-order valence-corrected chi connectivity index (χ1v) is 6.96. The molecule has 1 heterocycles. The Balaban J connectivity index is 1.88. The molecule has 0 spiro atoms. The molecule has 0 radical (unpaired) electrons. The normalized spacial score (nSPS) is 22.4. The zero-order valence-corrected chi connectivity index (χ0v) is 11.7. The van der Waals surface area contributed by atoms with Gasteiger partial charge < -0.3 is 9.84 Å². The summed E-state index contributed by atoms with van der Waals surface area (Å²) in [7, 11) is 1.95. The van der Waals surface area contributed by atoms with Crippen molar-refractivity contribution in [2.75, 3.05) is 7.05 Å². The number of rotatable bonds is 3. The highest BCUT2D eigenvalue weighted by molar-refractivity contribution is 5.55. The van der Waals surface area contributed by atoms with E-state index >= 15 is 0 Å². The summed E-state index contributed by atoms with van der Waals surface area (Å²) in [5.41, 5.74) is 1.27. The van der Waals surface area contributed by atoms with Crippen LogP contribution in [-0.4, -0.2) is 23.2 Å². The van der Waals surface area contributed by atoms with Crippen molar-refractivity contribution in [2.24, 2.45) is 0 Å². The summed E-state index contributed by atoms with van der Waals surface area (Å²) in [6.45, 7) is 1.73. The fraction of sp³-hybridized carbons (Fsp3) is 0.467. The average Bonchev–Trinajstić information content (AvgIpc) is 3.09. The van der Waals surface area contributed by atoms with Gasteiger partial charge in [-0.2, -0.15) is 4.98 Å². The molecule has 1 aromatic heterocycles. The molecule has 0 aliphatic heterocycles. The molecule has 1 saturated carbocycles. The Morgan fingerprint density at radius 1 is 1.35 bits per heavy atom. The monoisotopic (exact) mass is 275 g/mol. The van der Waals surface area contributed by atoms with Crippen molar-refractivity contribution in [1.82, 2.24) is 15.5 Å². The van der Waals surface area contributed by atoms with Crippen LogP contribution in [0.3, 0.4) is 0 Å². The number of benzene rings is 1. The molecule has 3 rings (SSSR count). The lowest BCUT2D eigenvalue weighted by atomic mass is 10.0. The molecule has 1 N–H and O–H groups in total. The van der Waals surface area contributed by atoms with Gasteiger partial charge in [-0.1, -0.05) is 23.7 Å². The molecule has 0 saturated heterocycles. The van der Waals surface area contributed by atoms with Crippen LogP contribution in [0.4, 0.5) is 4.39 Å². The fourth-order valence-corrected chi connectivity index (χ4v) is 2.84. The van der Waals surface area contributed by atoms with E-state index in [-0.39, 0.29) is 11.7 Å². The maximum atomic E-state index is 13.6. The van der Waals surface area contributed by atoms with Gasteiger partial charge in [0.15, 0.2) is 0 Å². The molecule has 1 aromatic carbocycles. The van der Waals surface area contributed by atoms with E-state index in [9.17, 15) is 4.39 Å². The highest BCUT2D eigenvalue weighted by Gasteiger charge is 2.31. The van der Waals surface area contributed by atoms with Crippen LogP contribution in [0.15, 0.2) is 22.7 Å². The Bertz CT molecular complexity index is 611. The molecule has 0 bridgehead atoms. The second-order valence-corrected chi connectivity index (χ2v) is 5.35. The van der Waals surface area contributed by atoms with Crippen molar-refractivity contribution >= 4 is 0 Å². The van der Waals surface area contributed by atoms with Gasteiger partial charge in [0.05, 0.1) is 5.92 Å². The van der Waals surface area contributed by atoms with Crippen LogP contribution in [0.2, 0.25) is 0 Å². The maximum Gasteiger partial charge on any atom is 0.231 e. The van der Waals surface area contributed by atoms with Crippen molar-refractivity contribution in [1.29, 1.82) is 0 Å². The van der Waals surface area contributed by atoms with Crippen LogP contribution in [0, 0.1) is 12.7 Å². The van der Waals surface area contributed by atoms with Gasteiger partial charge in [0.25, 0.3) is 0 Å². The largest absolute Gasteiger partial charge is 0.339 e. The van der Waals surface area contributed by atoms with Gasteiger partial charge in [-0.25, -0.2) is 4.39 Å². The molecular formula is C15H18FN3O. The summed E-state index contributed by atoms with van der Waals surface area (Å²) in [5.74, 6) is 1.12. The topological polar surface area (TPSA) is 51.0 Å². The molecular weight excluding hydrogens is 257 g/mol. The lowest BCUT2D eigenvalue weighted by molar-refractivity contribution is 0.335. The van der Waals surface area contributed by atoms with Crippen molar-refractivity contribution in [3.63, 3.8) is 0 Å². The summed E-state index contributed by atoms with van der Waals surface area (Å²) in [6.07, 6.45) is 3.33. The zero-order chi connectivity index (χ0) is 14.1. The molecule has 106 valence electrons. The Morgan fingerprint density at radius 2 is 2.20 bits per heavy atom. The summed E-state index contributed by atoms with van der Waals surface area (Å²) >= 11 is 0. The minimum absolute atomic E-state index is 0.247. The van der Waals surface area contributed by atoms with E-state index in [1.807, 2.05) is 13.1 Å². The zero-order valence-electron chi connectivity index (χ0n) is 11.7. The van der Waals surface area contributed by atoms with Crippen LogP contribution >= 0.6 is 0 Å². The lowest BCUT2D eigenvalue weighted by Gasteiger charge is -2.14. The van der Waals surface area contributed by atoms with E-state index in [1.165, 1.54) is 6.07 Å². The standard InChI is InChI=1S/C15H18FN3O/c1-9-6-7-10(8-12(9)16)14-18-15(20-19-14)11-4-3-5-13(11)17-2/h6-8,11,13,17H,3-5H2,1-2H3. The van der Waals surface area contributed by atoms with Gasteiger partial charge in [-0.05, 0) is 38.4 Å². The molecule has 0 amide bonds. The van der Waals surface area contributed by atoms with Crippen LogP contribution in [0.1, 0.15) is 36.6 Å². The first-order valence-electron chi connectivity index (χ1n) is 6.96. The Labute approximate surface area is 117 Å². The SMILES string of the molecule is CNC1CCCC1c1nc(-c2ccc(C)c(F)c2)no1. The first kappa shape index (κ1) is 13.2. The predicted molar refractivity (Wildman–Crippen MR) is 73.9 cm³/mol. The smallest absolute Gasteiger partial charge is 0.231 e. The minimum Gasteiger partial charge on any atom is -0.339 e. The Hall–Kier alpha value is -1.75. The number of hydrogen-bond acceptors (Lipinski definition) is 4. The number of halogens is 1. The molecule has 1 aliphatic rings. The molecule has 2 atom stereocenters. The minimum atomic E-state index is -0.247. The van der Waals surface area contributed by atoms with Gasteiger partial charge >= 0.3 is 0 Å². The van der Waals surface area contributed by atoms with Crippen LogP contribution in [0.25, 0.3) is 11.4 Å². The number of aryl methyl sites for hydroxylation is 1. The molecule has 5 heteroatoms. The molecule has 4 nitrogen and oxygen atoms in total. The second-order valence-electron chi connectivity index (χ2n) is 5.35. The van der Waals surface area contributed by atoms with Gasteiger partial charge in [0.2, 0.25) is 11.7 Å². The third-order valence-electron chi connectivity index (χ3n) is 4.08. The number of aromatic nitrogens is 2. The molecule has 2 unspecified atom stereocenters. The van der Waals surface area contributed by atoms with E-state index in [4.69, 9.17) is 4.52 Å². The van der Waals surface area contributed by atoms with Crippen molar-refractivity contribution in [2.45, 2.75) is 38.1 Å². The van der Waals surface area contributed by atoms with Gasteiger partial charge in [-0.3, -0.25) is 0 Å². The van der Waals surface area contributed by atoms with E-state index in [0.717, 1.165) is 19.3 Å². The van der Waals surface area contributed by atoms with Crippen molar-refractivity contribution in [3.8, 4) is 11.4 Å². The van der Waals surface area contributed by atoms with E-state index in [2.05, 4.69) is 15.5 Å². The molecule has 1 aliphatic carbocycles. The number of likely N-dealkylation sites (N-methyl/N-ethyl adjacent to an activating group) is 1. The fourth-order valence-electron chi connectivity index (χ4n) is 2.84. The summed E-state index contributed by atoms with van der Waals surface area (Å²) in [5, 5.41) is 7.28. The van der Waals surface area contributed by atoms with Gasteiger partial charge in [0.1, 0.15) is 5.82 Å². The summed E-state index contributed by atoms with van der Waals surface area (Å²) < 4.78 is 19.0. The average molecular weight is 275 g/mol. The van der Waals surface area contributed by atoms with E-state index < -0.39 is 0 Å². The van der Waals surface area contributed by atoms with Gasteiger partial charge in [-0.15, -0.1) is 0 Å². The summed E-state index contributed by atoms with van der Waals surface area (Å²) in [6, 6.07) is 5.39. The maximum absolute atomic E-state index is 13.6. The van der Waals surface area contributed by atoms with E-state index in [1.54, 1.807) is 13.0 Å². The van der Waals surface area contributed by atoms with Crippen LogP contribution < -0.4 is 5.32 Å². The Morgan fingerprint density at radius 3 is 2.95 bits per heavy atom. The van der Waals surface area contributed by atoms with Gasteiger partial charge in [0, 0.05) is 11.6 Å².